The van der Waals surface area contributed by atoms with Gasteiger partial charge < -0.3 is 15.1 Å². The molecule has 2 heterocycles. The fraction of sp³-hybridized carbons (Fsp3) is 0.364. The minimum absolute atomic E-state index is 0.0664. The maximum absolute atomic E-state index is 11.4. The average molecular weight is 510 g/mol. The molecule has 3 aromatic rings. The zero-order valence-electron chi connectivity index (χ0n) is 22.2. The van der Waals surface area contributed by atoms with Gasteiger partial charge >= 0.3 is 5.97 Å². The van der Waals surface area contributed by atoms with Crippen LogP contribution in [0.25, 0.3) is 6.08 Å². The molecule has 0 amide bonds. The first-order valence-electron chi connectivity index (χ1n) is 13.9. The van der Waals surface area contributed by atoms with Gasteiger partial charge in [-0.3, -0.25) is 9.69 Å². The van der Waals surface area contributed by atoms with Gasteiger partial charge in [0.1, 0.15) is 11.7 Å². The van der Waals surface area contributed by atoms with Crippen LogP contribution in [-0.4, -0.2) is 34.8 Å². The molecular formula is C33H37N2O3+. The molecule has 1 fully saturated rings. The van der Waals surface area contributed by atoms with Crippen LogP contribution in [0.2, 0.25) is 0 Å². The van der Waals surface area contributed by atoms with Crippen LogP contribution in [0.15, 0.2) is 72.8 Å². The fourth-order valence-corrected chi connectivity index (χ4v) is 7.27. The number of rotatable bonds is 7. The molecule has 3 N–H and O–H groups in total. The molecule has 3 aliphatic rings. The third-order valence-corrected chi connectivity index (χ3v) is 9.13. The zero-order valence-corrected chi connectivity index (χ0v) is 22.2. The van der Waals surface area contributed by atoms with Crippen molar-refractivity contribution >= 4 is 29.1 Å². The van der Waals surface area contributed by atoms with Gasteiger partial charge in [0.2, 0.25) is 0 Å². The lowest BCUT2D eigenvalue weighted by Crippen LogP contribution is -3.10. The summed E-state index contributed by atoms with van der Waals surface area (Å²) in [6, 6.07) is 24.3. The zero-order chi connectivity index (χ0) is 26.4. The van der Waals surface area contributed by atoms with Gasteiger partial charge in [0.15, 0.2) is 0 Å². The SMILES string of the molecule is CC1(C)c2ccccc2[NH+](CCC(=O)O)C1/C=C/c1ccc2c(c1)C1CCCC1N2c1ccc(CO)cc1. The van der Waals surface area contributed by atoms with Crippen molar-refractivity contribution in [3.05, 3.63) is 95.1 Å². The summed E-state index contributed by atoms with van der Waals surface area (Å²) in [4.78, 5) is 15.2. The van der Waals surface area contributed by atoms with Crippen molar-refractivity contribution < 1.29 is 19.9 Å². The molecule has 2 aliphatic heterocycles. The van der Waals surface area contributed by atoms with Gasteiger partial charge in [-0.05, 0) is 79.8 Å². The van der Waals surface area contributed by atoms with Crippen molar-refractivity contribution in [2.24, 2.45) is 0 Å². The predicted molar refractivity (Wildman–Crippen MR) is 151 cm³/mol. The van der Waals surface area contributed by atoms with Gasteiger partial charge in [-0.15, -0.1) is 0 Å². The quantitative estimate of drug-likeness (QED) is 0.403. The second-order valence-electron chi connectivity index (χ2n) is 11.6. The van der Waals surface area contributed by atoms with Gasteiger partial charge in [-0.1, -0.05) is 48.9 Å². The van der Waals surface area contributed by atoms with E-state index in [-0.39, 0.29) is 24.5 Å². The number of nitrogens with zero attached hydrogens (tertiary/aromatic N) is 1. The minimum atomic E-state index is -0.747. The first kappa shape index (κ1) is 24.9. The molecule has 0 bridgehead atoms. The van der Waals surface area contributed by atoms with Crippen LogP contribution in [-0.2, 0) is 16.8 Å². The van der Waals surface area contributed by atoms with Crippen LogP contribution in [0, 0.1) is 0 Å². The first-order valence-corrected chi connectivity index (χ1v) is 13.9. The smallest absolute Gasteiger partial charge is 0.309 e. The van der Waals surface area contributed by atoms with Crippen LogP contribution < -0.4 is 9.80 Å². The van der Waals surface area contributed by atoms with E-state index in [0.29, 0.717) is 18.5 Å². The Kier molecular flexibility index (Phi) is 6.37. The number of para-hydroxylation sites is 1. The topological polar surface area (TPSA) is 65.2 Å². The van der Waals surface area contributed by atoms with Crippen molar-refractivity contribution in [3.63, 3.8) is 0 Å². The van der Waals surface area contributed by atoms with E-state index < -0.39 is 5.97 Å². The summed E-state index contributed by atoms with van der Waals surface area (Å²) >= 11 is 0. The summed E-state index contributed by atoms with van der Waals surface area (Å²) < 4.78 is 0. The number of aliphatic hydroxyl groups is 1. The fourth-order valence-electron chi connectivity index (χ4n) is 7.27. The highest BCUT2D eigenvalue weighted by Gasteiger charge is 2.48. The maximum atomic E-state index is 11.4. The van der Waals surface area contributed by atoms with Crippen LogP contribution in [0.3, 0.4) is 0 Å². The van der Waals surface area contributed by atoms with Crippen molar-refractivity contribution in [1.29, 1.82) is 0 Å². The number of fused-ring (bicyclic) bond motifs is 4. The molecule has 3 aromatic carbocycles. The number of hydrogen-bond acceptors (Lipinski definition) is 3. The van der Waals surface area contributed by atoms with Crippen molar-refractivity contribution in [2.75, 3.05) is 11.4 Å². The first-order chi connectivity index (χ1) is 18.4. The molecule has 0 saturated heterocycles. The number of hydrogen-bond donors (Lipinski definition) is 3. The summed E-state index contributed by atoms with van der Waals surface area (Å²) in [5, 5.41) is 18.9. The van der Waals surface area contributed by atoms with Crippen LogP contribution in [0.4, 0.5) is 17.1 Å². The second kappa shape index (κ2) is 9.72. The largest absolute Gasteiger partial charge is 0.481 e. The number of anilines is 2. The molecular weight excluding hydrogens is 472 g/mol. The van der Waals surface area contributed by atoms with Gasteiger partial charge in [0, 0.05) is 28.9 Å². The molecule has 0 spiro atoms. The Labute approximate surface area is 225 Å². The molecule has 38 heavy (non-hydrogen) atoms. The summed E-state index contributed by atoms with van der Waals surface area (Å²) in [6.07, 6.45) is 8.38. The van der Waals surface area contributed by atoms with E-state index in [2.05, 4.69) is 85.5 Å². The van der Waals surface area contributed by atoms with Gasteiger partial charge in [-0.25, -0.2) is 0 Å². The number of carboxylic acids is 1. The van der Waals surface area contributed by atoms with Crippen molar-refractivity contribution in [1.82, 2.24) is 0 Å². The Balaban J connectivity index is 1.32. The summed E-state index contributed by atoms with van der Waals surface area (Å²) in [7, 11) is 0. The summed E-state index contributed by atoms with van der Waals surface area (Å²) in [5.74, 6) is -0.205. The Morgan fingerprint density at radius 3 is 2.63 bits per heavy atom. The Morgan fingerprint density at radius 1 is 1.08 bits per heavy atom. The molecule has 5 nitrogen and oxygen atoms in total. The molecule has 1 aliphatic carbocycles. The number of benzene rings is 3. The number of carbonyl (C=O) groups is 1. The predicted octanol–water partition coefficient (Wildman–Crippen LogP) is 5.33. The lowest BCUT2D eigenvalue weighted by molar-refractivity contribution is -0.849. The molecule has 1 saturated carbocycles. The molecule has 0 aromatic heterocycles. The third kappa shape index (κ3) is 4.14. The van der Waals surface area contributed by atoms with E-state index in [0.717, 1.165) is 5.56 Å². The van der Waals surface area contributed by atoms with Gasteiger partial charge in [0.05, 0.1) is 25.0 Å². The molecule has 196 valence electrons. The Hall–Kier alpha value is -3.41. The number of nitrogens with one attached hydrogen (secondary N) is 1. The highest BCUT2D eigenvalue weighted by atomic mass is 16.4. The Bertz CT molecular complexity index is 1380. The van der Waals surface area contributed by atoms with Crippen LogP contribution in [0.1, 0.15) is 67.7 Å². The van der Waals surface area contributed by atoms with E-state index in [4.69, 9.17) is 0 Å². The second-order valence-corrected chi connectivity index (χ2v) is 11.6. The summed E-state index contributed by atoms with van der Waals surface area (Å²) in [5.41, 5.74) is 8.51. The number of carboxylic acid groups (broad SMARTS) is 1. The molecule has 5 heteroatoms. The van der Waals surface area contributed by atoms with E-state index in [1.165, 1.54) is 57.9 Å². The number of aliphatic hydroxyl groups excluding tert-OH is 1. The number of quaternary nitrogens is 1. The van der Waals surface area contributed by atoms with Crippen molar-refractivity contribution in [2.45, 2.75) is 69.6 Å². The van der Waals surface area contributed by atoms with Crippen LogP contribution in [0.5, 0.6) is 0 Å². The standard InChI is InChI=1S/C33H36N2O3/c1-33(2)27-7-3-4-8-30(27)34(19-18-32(37)38)31(33)17-13-22-12-16-29-26(20-22)25-6-5-9-28(25)35(29)24-14-10-23(21-36)11-15-24/h3-4,7-8,10-17,20,25,28,31,36H,5-6,9,18-19,21H2,1-2H3,(H,37,38)/p+1/b17-13+. The maximum Gasteiger partial charge on any atom is 0.309 e. The molecule has 0 radical (unpaired) electrons. The highest BCUT2D eigenvalue weighted by Crippen LogP contribution is 2.52. The van der Waals surface area contributed by atoms with E-state index in [1.54, 1.807) is 0 Å². The van der Waals surface area contributed by atoms with Crippen molar-refractivity contribution in [3.8, 4) is 0 Å². The normalized spacial score (nSPS) is 25.0. The lowest BCUT2D eigenvalue weighted by atomic mass is 9.80. The van der Waals surface area contributed by atoms with Crippen LogP contribution >= 0.6 is 0 Å². The van der Waals surface area contributed by atoms with E-state index >= 15 is 0 Å². The lowest BCUT2D eigenvalue weighted by Gasteiger charge is -2.27. The molecule has 6 rings (SSSR count). The Morgan fingerprint density at radius 2 is 1.87 bits per heavy atom. The highest BCUT2D eigenvalue weighted by molar-refractivity contribution is 5.75. The van der Waals surface area contributed by atoms with E-state index in [1.807, 2.05) is 12.1 Å². The average Bonchev–Trinajstić information content (AvgIpc) is 3.57. The van der Waals surface area contributed by atoms with Gasteiger partial charge in [-0.2, -0.15) is 0 Å². The van der Waals surface area contributed by atoms with Gasteiger partial charge in [0.25, 0.3) is 0 Å². The molecule has 4 unspecified atom stereocenters. The molecule has 4 atom stereocenters. The van der Waals surface area contributed by atoms with E-state index in [9.17, 15) is 15.0 Å². The third-order valence-electron chi connectivity index (χ3n) is 9.13. The number of aliphatic carboxylic acids is 1. The summed E-state index contributed by atoms with van der Waals surface area (Å²) in [6.45, 7) is 5.19. The minimum Gasteiger partial charge on any atom is -0.481 e. The monoisotopic (exact) mass is 509 g/mol.